The molecular weight excluding hydrogens is 222 g/mol. The van der Waals surface area contributed by atoms with Crippen molar-refractivity contribution in [2.45, 2.75) is 37.8 Å². The first kappa shape index (κ1) is 11.4. The number of benzene rings is 1. The molecule has 0 unspecified atom stereocenters. The molecular formula is C12H18ClN3. The van der Waals surface area contributed by atoms with Crippen LogP contribution in [0.2, 0.25) is 0 Å². The minimum atomic E-state index is 0. The van der Waals surface area contributed by atoms with E-state index in [4.69, 9.17) is 5.73 Å². The highest BCUT2D eigenvalue weighted by molar-refractivity contribution is 5.85. The molecule has 1 aromatic carbocycles. The number of nitrogens with one attached hydrogen (secondary N) is 2. The second-order valence-electron chi connectivity index (χ2n) is 4.60. The third-order valence-corrected chi connectivity index (χ3v) is 2.98. The van der Waals surface area contributed by atoms with Gasteiger partial charge in [0.05, 0.1) is 17.1 Å². The molecule has 0 atom stereocenters. The van der Waals surface area contributed by atoms with Gasteiger partial charge in [0.15, 0.2) is 0 Å². The van der Waals surface area contributed by atoms with E-state index in [2.05, 4.69) is 28.8 Å². The third kappa shape index (κ3) is 2.53. The Balaban J connectivity index is 0.000000963. The molecule has 0 radical (unpaired) electrons. The van der Waals surface area contributed by atoms with E-state index in [1.807, 2.05) is 0 Å². The van der Waals surface area contributed by atoms with Crippen molar-refractivity contribution < 1.29 is 0 Å². The summed E-state index contributed by atoms with van der Waals surface area (Å²) in [6, 6.07) is 7.50. The van der Waals surface area contributed by atoms with E-state index in [9.17, 15) is 0 Å². The summed E-state index contributed by atoms with van der Waals surface area (Å²) < 4.78 is 0. The van der Waals surface area contributed by atoms with E-state index in [1.165, 1.54) is 25.7 Å². The third-order valence-electron chi connectivity index (χ3n) is 2.98. The number of nitrogen functional groups attached to an aromatic ring is 1. The molecule has 3 nitrogen and oxygen atoms in total. The topological polar surface area (TPSA) is 50.1 Å². The Hall–Kier alpha value is -1.09. The Morgan fingerprint density at radius 3 is 1.75 bits per heavy atom. The summed E-state index contributed by atoms with van der Waals surface area (Å²) in [5, 5.41) is 6.91. The zero-order valence-corrected chi connectivity index (χ0v) is 10.0. The smallest absolute Gasteiger partial charge is 0.0785 e. The lowest BCUT2D eigenvalue weighted by atomic mass is 10.2. The van der Waals surface area contributed by atoms with Gasteiger partial charge in [-0.15, -0.1) is 12.4 Å². The van der Waals surface area contributed by atoms with E-state index in [-0.39, 0.29) is 12.4 Å². The molecule has 4 heteroatoms. The van der Waals surface area contributed by atoms with Gasteiger partial charge in [0, 0.05) is 12.1 Å². The fraction of sp³-hybridized carbons (Fsp3) is 0.500. The van der Waals surface area contributed by atoms with E-state index in [0.29, 0.717) is 12.1 Å². The van der Waals surface area contributed by atoms with Gasteiger partial charge in [0.1, 0.15) is 0 Å². The van der Waals surface area contributed by atoms with Gasteiger partial charge >= 0.3 is 0 Å². The lowest BCUT2D eigenvalue weighted by molar-refractivity contribution is 1.14. The molecule has 4 N–H and O–H groups in total. The highest BCUT2D eigenvalue weighted by Gasteiger charge is 2.24. The van der Waals surface area contributed by atoms with Crippen molar-refractivity contribution in [2.75, 3.05) is 16.4 Å². The van der Waals surface area contributed by atoms with Crippen LogP contribution in [-0.4, -0.2) is 12.1 Å². The summed E-state index contributed by atoms with van der Waals surface area (Å²) in [7, 11) is 0. The number of hydrogen-bond donors (Lipinski definition) is 3. The Morgan fingerprint density at radius 2 is 1.38 bits per heavy atom. The Kier molecular flexibility index (Phi) is 3.15. The number of para-hydroxylation sites is 1. The standard InChI is InChI=1S/C12H17N3.ClH/c13-12-10(14-8-4-5-8)2-1-3-11(12)15-9-6-7-9;/h1-3,8-9,14-15H,4-7,13H2;1H. The van der Waals surface area contributed by atoms with Gasteiger partial charge in [0.25, 0.3) is 0 Å². The van der Waals surface area contributed by atoms with Gasteiger partial charge in [-0.05, 0) is 37.8 Å². The zero-order valence-electron chi connectivity index (χ0n) is 9.20. The lowest BCUT2D eigenvalue weighted by Gasteiger charge is -2.13. The van der Waals surface area contributed by atoms with Crippen molar-refractivity contribution in [3.05, 3.63) is 18.2 Å². The summed E-state index contributed by atoms with van der Waals surface area (Å²) in [5.74, 6) is 0. The molecule has 0 spiro atoms. The second kappa shape index (κ2) is 4.42. The molecule has 3 rings (SSSR count). The Labute approximate surface area is 102 Å². The molecule has 16 heavy (non-hydrogen) atoms. The minimum Gasteiger partial charge on any atom is -0.395 e. The fourth-order valence-electron chi connectivity index (χ4n) is 1.71. The lowest BCUT2D eigenvalue weighted by Crippen LogP contribution is -2.08. The van der Waals surface area contributed by atoms with Gasteiger partial charge in [-0.3, -0.25) is 0 Å². The van der Waals surface area contributed by atoms with Gasteiger partial charge in [-0.1, -0.05) is 6.07 Å². The van der Waals surface area contributed by atoms with Crippen molar-refractivity contribution in [1.29, 1.82) is 0 Å². The SMILES string of the molecule is Cl.Nc1c(NC2CC2)cccc1NC1CC1. The number of anilines is 3. The normalized spacial score (nSPS) is 18.8. The molecule has 0 amide bonds. The van der Waals surface area contributed by atoms with Crippen LogP contribution in [-0.2, 0) is 0 Å². The monoisotopic (exact) mass is 239 g/mol. The fourth-order valence-corrected chi connectivity index (χ4v) is 1.71. The second-order valence-corrected chi connectivity index (χ2v) is 4.60. The molecule has 2 aliphatic rings. The van der Waals surface area contributed by atoms with Crippen molar-refractivity contribution in [3.63, 3.8) is 0 Å². The zero-order chi connectivity index (χ0) is 10.3. The van der Waals surface area contributed by atoms with Crippen LogP contribution in [0.25, 0.3) is 0 Å². The van der Waals surface area contributed by atoms with Crippen LogP contribution in [0.15, 0.2) is 18.2 Å². The molecule has 2 aliphatic carbocycles. The van der Waals surface area contributed by atoms with E-state index in [1.54, 1.807) is 0 Å². The summed E-state index contributed by atoms with van der Waals surface area (Å²) >= 11 is 0. The average molecular weight is 240 g/mol. The molecule has 1 aromatic rings. The number of rotatable bonds is 4. The number of hydrogen-bond acceptors (Lipinski definition) is 3. The van der Waals surface area contributed by atoms with Crippen LogP contribution >= 0.6 is 12.4 Å². The van der Waals surface area contributed by atoms with Gasteiger partial charge in [-0.2, -0.15) is 0 Å². The maximum absolute atomic E-state index is 6.11. The first-order valence-electron chi connectivity index (χ1n) is 5.74. The van der Waals surface area contributed by atoms with Crippen LogP contribution in [0.5, 0.6) is 0 Å². The molecule has 0 heterocycles. The first-order valence-corrected chi connectivity index (χ1v) is 5.74. The predicted molar refractivity (Wildman–Crippen MR) is 71.4 cm³/mol. The number of halogens is 1. The highest BCUT2D eigenvalue weighted by Crippen LogP contribution is 2.34. The number of nitrogens with two attached hydrogens (primary N) is 1. The maximum Gasteiger partial charge on any atom is 0.0785 e. The Bertz CT molecular complexity index is 340. The largest absolute Gasteiger partial charge is 0.395 e. The van der Waals surface area contributed by atoms with Gasteiger partial charge in [0.2, 0.25) is 0 Å². The van der Waals surface area contributed by atoms with Gasteiger partial charge < -0.3 is 16.4 Å². The summed E-state index contributed by atoms with van der Waals surface area (Å²) in [6.45, 7) is 0. The van der Waals surface area contributed by atoms with Gasteiger partial charge in [-0.25, -0.2) is 0 Å². The summed E-state index contributed by atoms with van der Waals surface area (Å²) in [6.07, 6.45) is 5.11. The molecule has 0 aromatic heterocycles. The highest BCUT2D eigenvalue weighted by atomic mass is 35.5. The Morgan fingerprint density at radius 1 is 0.938 bits per heavy atom. The molecule has 88 valence electrons. The van der Waals surface area contributed by atoms with E-state index in [0.717, 1.165) is 17.1 Å². The van der Waals surface area contributed by atoms with Crippen molar-refractivity contribution in [3.8, 4) is 0 Å². The predicted octanol–water partition coefficient (Wildman–Crippen LogP) is 2.84. The molecule has 0 aliphatic heterocycles. The van der Waals surface area contributed by atoms with Crippen molar-refractivity contribution in [2.24, 2.45) is 0 Å². The van der Waals surface area contributed by atoms with E-state index < -0.39 is 0 Å². The minimum absolute atomic E-state index is 0. The quantitative estimate of drug-likeness (QED) is 0.709. The summed E-state index contributed by atoms with van der Waals surface area (Å²) in [5.41, 5.74) is 9.15. The molecule has 2 saturated carbocycles. The molecule has 2 fully saturated rings. The van der Waals surface area contributed by atoms with Crippen LogP contribution < -0.4 is 16.4 Å². The maximum atomic E-state index is 6.11. The average Bonchev–Trinajstić information content (AvgIpc) is 3.06. The summed E-state index contributed by atoms with van der Waals surface area (Å²) in [4.78, 5) is 0. The molecule has 0 saturated heterocycles. The van der Waals surface area contributed by atoms with Crippen LogP contribution in [0.3, 0.4) is 0 Å². The van der Waals surface area contributed by atoms with Crippen molar-refractivity contribution >= 4 is 29.5 Å². The first-order chi connectivity index (χ1) is 7.33. The van der Waals surface area contributed by atoms with Crippen LogP contribution in [0, 0.1) is 0 Å². The molecule has 0 bridgehead atoms. The van der Waals surface area contributed by atoms with Crippen LogP contribution in [0.1, 0.15) is 25.7 Å². The van der Waals surface area contributed by atoms with Crippen molar-refractivity contribution in [1.82, 2.24) is 0 Å². The van der Waals surface area contributed by atoms with Crippen LogP contribution in [0.4, 0.5) is 17.1 Å². The van der Waals surface area contributed by atoms with E-state index >= 15 is 0 Å².